The van der Waals surface area contributed by atoms with Crippen molar-refractivity contribution in [3.63, 3.8) is 0 Å². The Bertz CT molecular complexity index is 924. The highest BCUT2D eigenvalue weighted by Gasteiger charge is 2.31. The summed E-state index contributed by atoms with van der Waals surface area (Å²) in [4.78, 5) is -0.0712. The quantitative estimate of drug-likeness (QED) is 0.849. The molecular formula is C18H18F3NO3S. The zero-order valence-electron chi connectivity index (χ0n) is 14.1. The van der Waals surface area contributed by atoms with Crippen LogP contribution in [0.3, 0.4) is 0 Å². The zero-order valence-corrected chi connectivity index (χ0v) is 14.9. The molecular weight excluding hydrogens is 367 g/mol. The molecule has 0 heterocycles. The van der Waals surface area contributed by atoms with Crippen LogP contribution in [0.25, 0.3) is 0 Å². The summed E-state index contributed by atoms with van der Waals surface area (Å²) in [5.74, 6) is 0.185. The number of fused-ring (bicyclic) bond motifs is 1. The van der Waals surface area contributed by atoms with Crippen LogP contribution >= 0.6 is 0 Å². The van der Waals surface area contributed by atoms with Crippen LogP contribution in [0.4, 0.5) is 18.9 Å². The summed E-state index contributed by atoms with van der Waals surface area (Å²) >= 11 is 0. The third-order valence-electron chi connectivity index (χ3n) is 4.36. The van der Waals surface area contributed by atoms with Crippen molar-refractivity contribution < 1.29 is 26.3 Å². The fourth-order valence-electron chi connectivity index (χ4n) is 3.08. The lowest BCUT2D eigenvalue weighted by Crippen LogP contribution is -2.16. The van der Waals surface area contributed by atoms with Crippen molar-refractivity contribution in [2.45, 2.75) is 36.8 Å². The summed E-state index contributed by atoms with van der Waals surface area (Å²) in [5, 5.41) is 0. The van der Waals surface area contributed by atoms with E-state index in [0.717, 1.165) is 55.0 Å². The van der Waals surface area contributed by atoms with E-state index in [1.54, 1.807) is 12.1 Å². The van der Waals surface area contributed by atoms with Gasteiger partial charge in [0.2, 0.25) is 0 Å². The molecule has 1 aliphatic rings. The molecule has 2 aromatic carbocycles. The number of rotatable bonds is 4. The number of sulfonamides is 1. The number of anilines is 1. The maximum absolute atomic E-state index is 12.8. The lowest BCUT2D eigenvalue weighted by atomic mass is 9.92. The van der Waals surface area contributed by atoms with E-state index < -0.39 is 21.8 Å². The molecule has 1 N–H and O–H groups in total. The van der Waals surface area contributed by atoms with Crippen molar-refractivity contribution in [3.05, 3.63) is 53.1 Å². The minimum atomic E-state index is -4.55. The van der Waals surface area contributed by atoms with Gasteiger partial charge in [-0.3, -0.25) is 4.72 Å². The van der Waals surface area contributed by atoms with E-state index >= 15 is 0 Å². The van der Waals surface area contributed by atoms with Gasteiger partial charge >= 0.3 is 6.18 Å². The summed E-state index contributed by atoms with van der Waals surface area (Å²) in [6.45, 7) is 0. The van der Waals surface area contributed by atoms with E-state index in [-0.39, 0.29) is 16.3 Å². The topological polar surface area (TPSA) is 55.4 Å². The molecule has 0 amide bonds. The third-order valence-corrected chi connectivity index (χ3v) is 5.76. The average molecular weight is 385 g/mol. The Morgan fingerprint density at radius 3 is 2.31 bits per heavy atom. The van der Waals surface area contributed by atoms with E-state index in [1.807, 2.05) is 0 Å². The summed E-state index contributed by atoms with van der Waals surface area (Å²) < 4.78 is 71.4. The van der Waals surface area contributed by atoms with Gasteiger partial charge < -0.3 is 4.74 Å². The molecule has 0 unspecified atom stereocenters. The van der Waals surface area contributed by atoms with Gasteiger partial charge in [-0.25, -0.2) is 8.42 Å². The molecule has 0 bridgehead atoms. The van der Waals surface area contributed by atoms with Gasteiger partial charge in [-0.05, 0) is 67.1 Å². The largest absolute Gasteiger partial charge is 0.495 e. The number of hydrogen-bond acceptors (Lipinski definition) is 3. The molecule has 2 aromatic rings. The monoisotopic (exact) mass is 385 g/mol. The number of methoxy groups -OCH3 is 1. The SMILES string of the molecule is COc1cc2c(cc1S(=O)(=O)Nc1cccc(C(F)(F)F)c1)CCCC2. The molecule has 0 atom stereocenters. The van der Waals surface area contributed by atoms with Crippen LogP contribution in [0.15, 0.2) is 41.3 Å². The Kier molecular flexibility index (Phi) is 4.88. The first-order valence-corrected chi connectivity index (χ1v) is 9.59. The molecule has 0 fully saturated rings. The Balaban J connectivity index is 1.98. The fourth-order valence-corrected chi connectivity index (χ4v) is 4.33. The molecule has 0 saturated carbocycles. The number of alkyl halides is 3. The van der Waals surface area contributed by atoms with Gasteiger partial charge in [-0.15, -0.1) is 0 Å². The van der Waals surface area contributed by atoms with E-state index in [9.17, 15) is 21.6 Å². The third kappa shape index (κ3) is 3.80. The molecule has 1 aliphatic carbocycles. The maximum atomic E-state index is 12.8. The highest BCUT2D eigenvalue weighted by atomic mass is 32.2. The van der Waals surface area contributed by atoms with Gasteiger partial charge in [-0.1, -0.05) is 6.07 Å². The molecule has 140 valence electrons. The van der Waals surface area contributed by atoms with E-state index in [0.29, 0.717) is 0 Å². The van der Waals surface area contributed by atoms with E-state index in [1.165, 1.54) is 13.2 Å². The van der Waals surface area contributed by atoms with Crippen LogP contribution < -0.4 is 9.46 Å². The van der Waals surface area contributed by atoms with Gasteiger partial charge in [0.05, 0.1) is 12.7 Å². The zero-order chi connectivity index (χ0) is 18.9. The van der Waals surface area contributed by atoms with Crippen LogP contribution in [-0.4, -0.2) is 15.5 Å². The Morgan fingerprint density at radius 2 is 1.69 bits per heavy atom. The van der Waals surface area contributed by atoms with Gasteiger partial charge in [0, 0.05) is 5.69 Å². The molecule has 0 aliphatic heterocycles. The Labute approximate surface area is 150 Å². The van der Waals surface area contributed by atoms with Crippen LogP contribution in [0, 0.1) is 0 Å². The molecule has 8 heteroatoms. The predicted molar refractivity (Wildman–Crippen MR) is 91.9 cm³/mol. The summed E-state index contributed by atoms with van der Waals surface area (Å²) in [6.07, 6.45) is -0.923. The number of hydrogen-bond donors (Lipinski definition) is 1. The first-order chi connectivity index (χ1) is 12.2. The maximum Gasteiger partial charge on any atom is 0.416 e. The number of nitrogens with one attached hydrogen (secondary N) is 1. The summed E-state index contributed by atoms with van der Waals surface area (Å²) in [6, 6.07) is 7.35. The number of benzene rings is 2. The second-order valence-corrected chi connectivity index (χ2v) is 7.81. The van der Waals surface area contributed by atoms with Crippen LogP contribution in [0.1, 0.15) is 29.5 Å². The lowest BCUT2D eigenvalue weighted by Gasteiger charge is -2.20. The van der Waals surface area contributed by atoms with Crippen molar-refractivity contribution in [1.29, 1.82) is 0 Å². The fraction of sp³-hybridized carbons (Fsp3) is 0.333. The highest BCUT2D eigenvalue weighted by Crippen LogP contribution is 2.34. The van der Waals surface area contributed by atoms with Crippen molar-refractivity contribution in [2.24, 2.45) is 0 Å². The molecule has 0 saturated heterocycles. The first kappa shape index (κ1) is 18.6. The Morgan fingerprint density at radius 1 is 1.04 bits per heavy atom. The molecule has 0 spiro atoms. The van der Waals surface area contributed by atoms with Gasteiger partial charge in [0.15, 0.2) is 0 Å². The minimum absolute atomic E-state index is 0.0712. The molecule has 0 radical (unpaired) electrons. The normalized spacial score (nSPS) is 14.6. The average Bonchev–Trinajstić information content (AvgIpc) is 2.59. The van der Waals surface area contributed by atoms with Crippen molar-refractivity contribution in [3.8, 4) is 5.75 Å². The second-order valence-electron chi connectivity index (χ2n) is 6.16. The number of halogens is 3. The predicted octanol–water partition coefficient (Wildman–Crippen LogP) is 4.39. The van der Waals surface area contributed by atoms with Crippen LogP contribution in [0.5, 0.6) is 5.75 Å². The molecule has 0 aromatic heterocycles. The Hall–Kier alpha value is -2.22. The van der Waals surface area contributed by atoms with Gasteiger partial charge in [0.1, 0.15) is 10.6 Å². The number of ether oxygens (including phenoxy) is 1. The molecule has 4 nitrogen and oxygen atoms in total. The van der Waals surface area contributed by atoms with Crippen molar-refractivity contribution >= 4 is 15.7 Å². The molecule has 26 heavy (non-hydrogen) atoms. The van der Waals surface area contributed by atoms with Crippen molar-refractivity contribution in [1.82, 2.24) is 0 Å². The van der Waals surface area contributed by atoms with Gasteiger partial charge in [0.25, 0.3) is 10.0 Å². The summed E-state index contributed by atoms with van der Waals surface area (Å²) in [7, 11) is -2.73. The van der Waals surface area contributed by atoms with Crippen LogP contribution in [-0.2, 0) is 29.0 Å². The number of aryl methyl sites for hydroxylation is 2. The first-order valence-electron chi connectivity index (χ1n) is 8.10. The molecule has 3 rings (SSSR count). The standard InChI is InChI=1S/C18H18F3NO3S/c1-25-16-9-12-5-2-3-6-13(12)10-17(16)26(23,24)22-15-8-4-7-14(11-15)18(19,20)21/h4,7-11,22H,2-3,5-6H2,1H3. The second kappa shape index (κ2) is 6.83. The van der Waals surface area contributed by atoms with E-state index in [2.05, 4.69) is 4.72 Å². The highest BCUT2D eigenvalue weighted by molar-refractivity contribution is 7.92. The van der Waals surface area contributed by atoms with E-state index in [4.69, 9.17) is 4.74 Å². The minimum Gasteiger partial charge on any atom is -0.495 e. The van der Waals surface area contributed by atoms with Crippen LogP contribution in [0.2, 0.25) is 0 Å². The lowest BCUT2D eigenvalue weighted by molar-refractivity contribution is -0.137. The smallest absolute Gasteiger partial charge is 0.416 e. The summed E-state index contributed by atoms with van der Waals surface area (Å²) in [5.41, 5.74) is 0.905. The van der Waals surface area contributed by atoms with Gasteiger partial charge in [-0.2, -0.15) is 13.2 Å². The van der Waals surface area contributed by atoms with Crippen molar-refractivity contribution in [2.75, 3.05) is 11.8 Å².